The van der Waals surface area contributed by atoms with E-state index in [9.17, 15) is 10.2 Å². The lowest BCUT2D eigenvalue weighted by Gasteiger charge is -2.29. The van der Waals surface area contributed by atoms with Gasteiger partial charge in [-0.05, 0) is 37.8 Å². The highest BCUT2D eigenvalue weighted by Gasteiger charge is 2.15. The first-order chi connectivity index (χ1) is 9.49. The molecule has 20 heavy (non-hydrogen) atoms. The minimum Gasteiger partial charge on any atom is -0.392 e. The summed E-state index contributed by atoms with van der Waals surface area (Å²) in [5, 5.41) is 21.8. The summed E-state index contributed by atoms with van der Waals surface area (Å²) >= 11 is 0. The van der Waals surface area contributed by atoms with E-state index in [0.717, 1.165) is 11.1 Å². The molecule has 0 bridgehead atoms. The smallest absolute Gasteiger partial charge is 0.0687 e. The average molecular weight is 273 g/mol. The maximum Gasteiger partial charge on any atom is 0.0687 e. The molecule has 0 fully saturated rings. The summed E-state index contributed by atoms with van der Waals surface area (Å²) in [5.41, 5.74) is 2.30. The topological polar surface area (TPSA) is 43.7 Å². The molecule has 3 heteroatoms. The van der Waals surface area contributed by atoms with Gasteiger partial charge in [0.15, 0.2) is 0 Å². The number of aryl methyl sites for hydroxylation is 1. The van der Waals surface area contributed by atoms with Crippen LogP contribution in [-0.2, 0) is 0 Å². The minimum absolute atomic E-state index is 0.436. The summed E-state index contributed by atoms with van der Waals surface area (Å²) < 4.78 is 0. The third kappa shape index (κ3) is 3.30. The van der Waals surface area contributed by atoms with Crippen LogP contribution in [0.15, 0.2) is 36.4 Å². The SMILES string of the molecule is Cc1ccc(N(CC(C)O)CC(C)O)c2ccccc12. The molecule has 0 aliphatic carbocycles. The van der Waals surface area contributed by atoms with Crippen LogP contribution in [0.4, 0.5) is 5.69 Å². The largest absolute Gasteiger partial charge is 0.392 e. The van der Waals surface area contributed by atoms with Crippen molar-refractivity contribution >= 4 is 16.5 Å². The van der Waals surface area contributed by atoms with Crippen LogP contribution in [0.2, 0.25) is 0 Å². The Morgan fingerprint density at radius 2 is 1.45 bits per heavy atom. The van der Waals surface area contributed by atoms with E-state index in [0.29, 0.717) is 13.1 Å². The molecule has 2 rings (SSSR count). The van der Waals surface area contributed by atoms with E-state index in [1.165, 1.54) is 10.9 Å². The van der Waals surface area contributed by atoms with Crippen molar-refractivity contribution in [3.8, 4) is 0 Å². The fraction of sp³-hybridized carbons (Fsp3) is 0.412. The van der Waals surface area contributed by atoms with Crippen molar-refractivity contribution in [2.24, 2.45) is 0 Å². The summed E-state index contributed by atoms with van der Waals surface area (Å²) in [5.74, 6) is 0. The number of hydrogen-bond acceptors (Lipinski definition) is 3. The van der Waals surface area contributed by atoms with Crippen LogP contribution in [0.1, 0.15) is 19.4 Å². The van der Waals surface area contributed by atoms with Gasteiger partial charge < -0.3 is 15.1 Å². The number of benzene rings is 2. The Balaban J connectivity index is 2.50. The van der Waals surface area contributed by atoms with E-state index in [1.807, 2.05) is 12.1 Å². The number of hydrogen-bond donors (Lipinski definition) is 2. The van der Waals surface area contributed by atoms with Crippen molar-refractivity contribution in [1.82, 2.24) is 0 Å². The number of aliphatic hydroxyl groups is 2. The van der Waals surface area contributed by atoms with Crippen LogP contribution in [0.25, 0.3) is 10.8 Å². The molecule has 108 valence electrons. The molecular formula is C17H23NO2. The van der Waals surface area contributed by atoms with Crippen molar-refractivity contribution in [2.75, 3.05) is 18.0 Å². The molecule has 0 saturated carbocycles. The molecular weight excluding hydrogens is 250 g/mol. The molecule has 3 nitrogen and oxygen atoms in total. The molecule has 2 unspecified atom stereocenters. The molecule has 2 N–H and O–H groups in total. The summed E-state index contributed by atoms with van der Waals surface area (Å²) in [4.78, 5) is 2.05. The normalized spacial score (nSPS) is 14.2. The number of aliphatic hydroxyl groups excluding tert-OH is 2. The highest BCUT2D eigenvalue weighted by molar-refractivity contribution is 5.96. The second-order valence-electron chi connectivity index (χ2n) is 5.55. The van der Waals surface area contributed by atoms with Crippen LogP contribution >= 0.6 is 0 Å². The van der Waals surface area contributed by atoms with E-state index >= 15 is 0 Å². The summed E-state index contributed by atoms with van der Waals surface area (Å²) in [6.45, 7) is 6.66. The lowest BCUT2D eigenvalue weighted by Crippen LogP contribution is -2.36. The van der Waals surface area contributed by atoms with E-state index in [4.69, 9.17) is 0 Å². The molecule has 0 radical (unpaired) electrons. The lowest BCUT2D eigenvalue weighted by atomic mass is 10.0. The zero-order chi connectivity index (χ0) is 14.7. The zero-order valence-electron chi connectivity index (χ0n) is 12.4. The predicted molar refractivity (Wildman–Crippen MR) is 84.3 cm³/mol. The van der Waals surface area contributed by atoms with Crippen molar-refractivity contribution in [1.29, 1.82) is 0 Å². The molecule has 2 atom stereocenters. The van der Waals surface area contributed by atoms with Gasteiger partial charge in [-0.2, -0.15) is 0 Å². The zero-order valence-corrected chi connectivity index (χ0v) is 12.4. The van der Waals surface area contributed by atoms with Crippen molar-refractivity contribution in [2.45, 2.75) is 33.0 Å². The number of anilines is 1. The molecule has 2 aromatic carbocycles. The molecule has 0 amide bonds. The number of rotatable bonds is 5. The van der Waals surface area contributed by atoms with Crippen LogP contribution in [0, 0.1) is 6.92 Å². The molecule has 0 spiro atoms. The van der Waals surface area contributed by atoms with Gasteiger partial charge in [0.05, 0.1) is 12.2 Å². The highest BCUT2D eigenvalue weighted by Crippen LogP contribution is 2.29. The average Bonchev–Trinajstić information content (AvgIpc) is 2.37. The van der Waals surface area contributed by atoms with Gasteiger partial charge in [-0.15, -0.1) is 0 Å². The highest BCUT2D eigenvalue weighted by atomic mass is 16.3. The van der Waals surface area contributed by atoms with Gasteiger partial charge in [-0.25, -0.2) is 0 Å². The summed E-state index contributed by atoms with van der Waals surface area (Å²) in [6, 6.07) is 12.4. The van der Waals surface area contributed by atoms with Gasteiger partial charge in [0.1, 0.15) is 0 Å². The Morgan fingerprint density at radius 1 is 0.900 bits per heavy atom. The van der Waals surface area contributed by atoms with Gasteiger partial charge >= 0.3 is 0 Å². The Bertz CT molecular complexity index is 568. The fourth-order valence-corrected chi connectivity index (χ4v) is 2.62. The second kappa shape index (κ2) is 6.25. The van der Waals surface area contributed by atoms with E-state index in [-0.39, 0.29) is 0 Å². The Kier molecular flexibility index (Phi) is 4.63. The standard InChI is InChI=1S/C17H23NO2/c1-12-8-9-17(16-7-5-4-6-15(12)16)18(10-13(2)19)11-14(3)20/h4-9,13-14,19-20H,10-11H2,1-3H3. The first-order valence-electron chi connectivity index (χ1n) is 7.08. The number of fused-ring (bicyclic) bond motifs is 1. The molecule has 0 heterocycles. The van der Waals surface area contributed by atoms with E-state index in [1.54, 1.807) is 13.8 Å². The monoisotopic (exact) mass is 273 g/mol. The Labute approximate surface area is 120 Å². The molecule has 0 aliphatic rings. The minimum atomic E-state index is -0.436. The molecule has 0 aromatic heterocycles. The molecule has 0 saturated heterocycles. The predicted octanol–water partition coefficient (Wildman–Crippen LogP) is 2.72. The Morgan fingerprint density at radius 3 is 2.00 bits per heavy atom. The van der Waals surface area contributed by atoms with Crippen LogP contribution < -0.4 is 4.90 Å². The van der Waals surface area contributed by atoms with Gasteiger partial charge in [-0.3, -0.25) is 0 Å². The number of nitrogens with zero attached hydrogens (tertiary/aromatic N) is 1. The van der Waals surface area contributed by atoms with Gasteiger partial charge in [0, 0.05) is 24.2 Å². The molecule has 0 aliphatic heterocycles. The first-order valence-corrected chi connectivity index (χ1v) is 7.08. The maximum absolute atomic E-state index is 9.70. The summed E-state index contributed by atoms with van der Waals surface area (Å²) in [6.07, 6.45) is -0.873. The molecule has 2 aromatic rings. The van der Waals surface area contributed by atoms with Gasteiger partial charge in [0.25, 0.3) is 0 Å². The van der Waals surface area contributed by atoms with Crippen molar-refractivity contribution in [3.05, 3.63) is 42.0 Å². The third-order valence-electron chi connectivity index (χ3n) is 3.43. The van der Waals surface area contributed by atoms with Crippen LogP contribution in [0.3, 0.4) is 0 Å². The third-order valence-corrected chi connectivity index (χ3v) is 3.43. The van der Waals surface area contributed by atoms with Gasteiger partial charge in [-0.1, -0.05) is 30.3 Å². The van der Waals surface area contributed by atoms with Crippen LogP contribution in [0.5, 0.6) is 0 Å². The van der Waals surface area contributed by atoms with Crippen molar-refractivity contribution < 1.29 is 10.2 Å². The lowest BCUT2D eigenvalue weighted by molar-refractivity contribution is 0.178. The second-order valence-corrected chi connectivity index (χ2v) is 5.55. The maximum atomic E-state index is 9.70. The van der Waals surface area contributed by atoms with E-state index in [2.05, 4.69) is 36.1 Å². The van der Waals surface area contributed by atoms with Gasteiger partial charge in [0.2, 0.25) is 0 Å². The van der Waals surface area contributed by atoms with Crippen molar-refractivity contribution in [3.63, 3.8) is 0 Å². The van der Waals surface area contributed by atoms with Crippen LogP contribution in [-0.4, -0.2) is 35.5 Å². The van der Waals surface area contributed by atoms with E-state index < -0.39 is 12.2 Å². The quantitative estimate of drug-likeness (QED) is 0.880. The fourth-order valence-electron chi connectivity index (χ4n) is 2.62. The Hall–Kier alpha value is -1.58. The first kappa shape index (κ1) is 14.8. The summed E-state index contributed by atoms with van der Waals surface area (Å²) in [7, 11) is 0.